The maximum absolute atomic E-state index is 12.4. The summed E-state index contributed by atoms with van der Waals surface area (Å²) >= 11 is 0. The minimum atomic E-state index is -0.830. The van der Waals surface area contributed by atoms with Gasteiger partial charge < -0.3 is 14.7 Å². The Morgan fingerprint density at radius 3 is 2.41 bits per heavy atom. The monoisotopic (exact) mass is 305 g/mol. The lowest BCUT2D eigenvalue weighted by molar-refractivity contribution is -0.142. The van der Waals surface area contributed by atoms with E-state index in [1.54, 1.807) is 17.0 Å². The van der Waals surface area contributed by atoms with E-state index in [2.05, 4.69) is 0 Å². The minimum absolute atomic E-state index is 0.0137. The first-order valence-corrected chi connectivity index (χ1v) is 7.61. The molecule has 1 saturated heterocycles. The number of likely N-dealkylation sites (tertiary alicyclic amines) is 1. The maximum atomic E-state index is 12.4. The lowest BCUT2D eigenvalue weighted by Crippen LogP contribution is -2.29. The highest BCUT2D eigenvalue weighted by atomic mass is 16.5. The topological polar surface area (TPSA) is 66.8 Å². The molecule has 1 aromatic carbocycles. The van der Waals surface area contributed by atoms with Crippen molar-refractivity contribution in [2.75, 3.05) is 13.1 Å². The summed E-state index contributed by atoms with van der Waals surface area (Å²) in [6.07, 6.45) is 0.167. The number of aliphatic carboxylic acids is 1. The molecular formula is C17H23NO4. The number of rotatable bonds is 5. The Hall–Kier alpha value is -1.88. The molecule has 0 radical (unpaired) electrons. The third-order valence-corrected chi connectivity index (χ3v) is 4.00. The van der Waals surface area contributed by atoms with Crippen LogP contribution in [0.15, 0.2) is 24.3 Å². The highest BCUT2D eigenvalue weighted by molar-refractivity contribution is 5.94. The van der Waals surface area contributed by atoms with Gasteiger partial charge in [0.2, 0.25) is 0 Å². The molecule has 0 unspecified atom stereocenters. The van der Waals surface area contributed by atoms with Crippen LogP contribution in [0.5, 0.6) is 0 Å². The third kappa shape index (κ3) is 3.85. The summed E-state index contributed by atoms with van der Waals surface area (Å²) in [5.41, 5.74) is 1.61. The van der Waals surface area contributed by atoms with Crippen molar-refractivity contribution in [3.8, 4) is 0 Å². The normalized spacial score (nSPS) is 21.4. The van der Waals surface area contributed by atoms with Crippen molar-refractivity contribution in [1.82, 2.24) is 4.90 Å². The quantitative estimate of drug-likeness (QED) is 0.907. The molecule has 0 aromatic heterocycles. The number of benzene rings is 1. The fourth-order valence-electron chi connectivity index (χ4n) is 2.64. The van der Waals surface area contributed by atoms with E-state index < -0.39 is 11.9 Å². The molecule has 5 heteroatoms. The van der Waals surface area contributed by atoms with Crippen molar-refractivity contribution >= 4 is 11.9 Å². The van der Waals surface area contributed by atoms with Gasteiger partial charge in [0.1, 0.15) is 0 Å². The molecule has 0 bridgehead atoms. The Bertz CT molecular complexity index is 538. The smallest absolute Gasteiger partial charge is 0.308 e. The molecule has 0 spiro atoms. The summed E-state index contributed by atoms with van der Waals surface area (Å²) in [5, 5.41) is 9.14. The van der Waals surface area contributed by atoms with E-state index in [4.69, 9.17) is 9.84 Å². The first-order chi connectivity index (χ1) is 10.4. The third-order valence-electron chi connectivity index (χ3n) is 4.00. The van der Waals surface area contributed by atoms with Crippen LogP contribution in [0.1, 0.15) is 36.7 Å². The van der Waals surface area contributed by atoms with Crippen LogP contribution in [-0.4, -0.2) is 41.1 Å². The highest BCUT2D eigenvalue weighted by Gasteiger charge is 2.37. The summed E-state index contributed by atoms with van der Waals surface area (Å²) in [7, 11) is 0. The van der Waals surface area contributed by atoms with Gasteiger partial charge in [-0.2, -0.15) is 0 Å². The van der Waals surface area contributed by atoms with Gasteiger partial charge in [0, 0.05) is 18.7 Å². The molecule has 2 rings (SSSR count). The largest absolute Gasteiger partial charge is 0.481 e. The predicted octanol–water partition coefficient (Wildman–Crippen LogP) is 2.40. The number of carbonyl (C=O) groups excluding carboxylic acids is 1. The van der Waals surface area contributed by atoms with Crippen LogP contribution in [0, 0.1) is 11.8 Å². The molecule has 0 saturated carbocycles. The Labute approximate surface area is 130 Å². The predicted molar refractivity (Wildman–Crippen MR) is 82.6 cm³/mol. The molecule has 1 aromatic rings. The van der Waals surface area contributed by atoms with Crippen LogP contribution in [0.25, 0.3) is 0 Å². The van der Waals surface area contributed by atoms with Gasteiger partial charge in [-0.05, 0) is 37.5 Å². The van der Waals surface area contributed by atoms with E-state index in [1.165, 1.54) is 0 Å². The van der Waals surface area contributed by atoms with Gasteiger partial charge in [0.15, 0.2) is 0 Å². The standard InChI is InChI=1S/C17H23NO4/c1-11(2)22-10-13-4-6-14(7-5-13)16(19)18-8-12(3)15(9-18)17(20)21/h4-7,11-12,15H,8-10H2,1-3H3,(H,20,21)/t12-,15-/m1/s1. The summed E-state index contributed by atoms with van der Waals surface area (Å²) in [4.78, 5) is 25.2. The number of ether oxygens (including phenoxy) is 1. The number of carboxylic acid groups (broad SMARTS) is 1. The lowest BCUT2D eigenvalue weighted by Gasteiger charge is -2.16. The van der Waals surface area contributed by atoms with Crippen molar-refractivity contribution in [2.45, 2.75) is 33.5 Å². The molecule has 1 heterocycles. The van der Waals surface area contributed by atoms with Crippen molar-refractivity contribution < 1.29 is 19.4 Å². The van der Waals surface area contributed by atoms with Crippen molar-refractivity contribution in [3.05, 3.63) is 35.4 Å². The van der Waals surface area contributed by atoms with Gasteiger partial charge in [-0.3, -0.25) is 9.59 Å². The summed E-state index contributed by atoms with van der Waals surface area (Å²) in [6, 6.07) is 7.31. The van der Waals surface area contributed by atoms with Gasteiger partial charge in [0.05, 0.1) is 18.6 Å². The number of carbonyl (C=O) groups is 2. The van der Waals surface area contributed by atoms with Crippen molar-refractivity contribution in [1.29, 1.82) is 0 Å². The van der Waals surface area contributed by atoms with Crippen molar-refractivity contribution in [2.24, 2.45) is 11.8 Å². The van der Waals surface area contributed by atoms with E-state index in [1.807, 2.05) is 32.9 Å². The molecule has 2 atom stereocenters. The first kappa shape index (κ1) is 16.5. The van der Waals surface area contributed by atoms with Crippen molar-refractivity contribution in [3.63, 3.8) is 0 Å². The van der Waals surface area contributed by atoms with E-state index in [-0.39, 0.29) is 24.5 Å². The molecule has 5 nitrogen and oxygen atoms in total. The van der Waals surface area contributed by atoms with Crippen LogP contribution < -0.4 is 0 Å². The Balaban J connectivity index is 2.00. The van der Waals surface area contributed by atoms with E-state index in [9.17, 15) is 9.59 Å². The second-order valence-corrected chi connectivity index (χ2v) is 6.19. The van der Waals surface area contributed by atoms with Crippen LogP contribution in [0.4, 0.5) is 0 Å². The van der Waals surface area contributed by atoms with Crippen LogP contribution in [-0.2, 0) is 16.1 Å². The fraction of sp³-hybridized carbons (Fsp3) is 0.529. The van der Waals surface area contributed by atoms with Crippen LogP contribution in [0.3, 0.4) is 0 Å². The van der Waals surface area contributed by atoms with E-state index >= 15 is 0 Å². The molecular weight excluding hydrogens is 282 g/mol. The maximum Gasteiger partial charge on any atom is 0.308 e. The van der Waals surface area contributed by atoms with E-state index in [0.29, 0.717) is 18.7 Å². The zero-order valence-electron chi connectivity index (χ0n) is 13.3. The molecule has 1 aliphatic heterocycles. The Morgan fingerprint density at radius 1 is 1.27 bits per heavy atom. The average molecular weight is 305 g/mol. The lowest BCUT2D eigenvalue weighted by atomic mass is 9.99. The minimum Gasteiger partial charge on any atom is -0.481 e. The molecule has 22 heavy (non-hydrogen) atoms. The Morgan fingerprint density at radius 2 is 1.91 bits per heavy atom. The summed E-state index contributed by atoms with van der Waals surface area (Å²) < 4.78 is 5.52. The van der Waals surface area contributed by atoms with Gasteiger partial charge in [-0.25, -0.2) is 0 Å². The van der Waals surface area contributed by atoms with E-state index in [0.717, 1.165) is 5.56 Å². The number of nitrogens with zero attached hydrogens (tertiary/aromatic N) is 1. The zero-order chi connectivity index (χ0) is 16.3. The van der Waals surface area contributed by atoms with Gasteiger partial charge in [-0.15, -0.1) is 0 Å². The Kier molecular flexibility index (Phi) is 5.19. The van der Waals surface area contributed by atoms with Crippen LogP contribution in [0.2, 0.25) is 0 Å². The second-order valence-electron chi connectivity index (χ2n) is 6.19. The number of hydrogen-bond donors (Lipinski definition) is 1. The number of hydrogen-bond acceptors (Lipinski definition) is 3. The fourth-order valence-corrected chi connectivity index (χ4v) is 2.64. The first-order valence-electron chi connectivity index (χ1n) is 7.61. The molecule has 1 fully saturated rings. The molecule has 1 amide bonds. The average Bonchev–Trinajstić information content (AvgIpc) is 2.87. The molecule has 1 N–H and O–H groups in total. The van der Waals surface area contributed by atoms with Gasteiger partial charge in [0.25, 0.3) is 5.91 Å². The highest BCUT2D eigenvalue weighted by Crippen LogP contribution is 2.24. The summed E-state index contributed by atoms with van der Waals surface area (Å²) in [5.74, 6) is -1.42. The molecule has 120 valence electrons. The number of carboxylic acids is 1. The summed E-state index contributed by atoms with van der Waals surface area (Å²) in [6.45, 7) is 7.13. The second kappa shape index (κ2) is 6.92. The van der Waals surface area contributed by atoms with Gasteiger partial charge in [-0.1, -0.05) is 19.1 Å². The zero-order valence-corrected chi connectivity index (χ0v) is 13.3. The SMILES string of the molecule is CC(C)OCc1ccc(C(=O)N2C[C@@H](C)[C@H](C(=O)O)C2)cc1. The number of amides is 1. The molecule has 0 aliphatic carbocycles. The van der Waals surface area contributed by atoms with Crippen LogP contribution >= 0.6 is 0 Å². The van der Waals surface area contributed by atoms with Gasteiger partial charge >= 0.3 is 5.97 Å². The molecule has 1 aliphatic rings.